The first-order chi connectivity index (χ1) is 14.6. The van der Waals surface area contributed by atoms with E-state index in [0.717, 1.165) is 49.5 Å². The maximum Gasteiger partial charge on any atom is 0.282 e. The van der Waals surface area contributed by atoms with Crippen molar-refractivity contribution in [3.05, 3.63) is 65.5 Å². The molecule has 1 aromatic heterocycles. The molecule has 1 amide bonds. The number of hydrogen-bond acceptors (Lipinski definition) is 4. The number of piperazine rings is 1. The first-order valence-electron chi connectivity index (χ1n) is 10.5. The van der Waals surface area contributed by atoms with E-state index < -0.39 is 0 Å². The molecule has 2 aromatic carbocycles. The van der Waals surface area contributed by atoms with Crippen LogP contribution in [-0.2, 0) is 11.3 Å². The standard InChI is InChI=1S/C23H27N5O2/c1-17-7-6-10-20(18(17)2)24-21(29)15-27-11-13-28(14-12-27)16-22-25-23(26-30-22)19-8-4-3-5-9-19/h3-10H,11-16H2,1-2H3,(H,24,29)/p+2. The van der Waals surface area contributed by atoms with Gasteiger partial charge in [-0.15, -0.1) is 0 Å². The summed E-state index contributed by atoms with van der Waals surface area (Å²) in [6.07, 6.45) is 0. The number of anilines is 1. The number of carbonyl (C=O) groups is 1. The number of aromatic nitrogens is 2. The lowest BCUT2D eigenvalue weighted by Gasteiger charge is -2.28. The Morgan fingerprint density at radius 1 is 1.00 bits per heavy atom. The summed E-state index contributed by atoms with van der Waals surface area (Å²) >= 11 is 0. The minimum absolute atomic E-state index is 0.0755. The van der Waals surface area contributed by atoms with Gasteiger partial charge < -0.3 is 19.6 Å². The van der Waals surface area contributed by atoms with Gasteiger partial charge in [0.05, 0.1) is 0 Å². The first-order valence-corrected chi connectivity index (χ1v) is 10.5. The molecule has 0 atom stereocenters. The normalized spacial score (nSPS) is 18.9. The number of nitrogens with zero attached hydrogens (tertiary/aromatic N) is 2. The highest BCUT2D eigenvalue weighted by Gasteiger charge is 2.26. The number of aryl methyl sites for hydroxylation is 1. The molecule has 1 saturated heterocycles. The Kier molecular flexibility index (Phi) is 6.21. The van der Waals surface area contributed by atoms with Gasteiger partial charge in [0.1, 0.15) is 26.2 Å². The maximum atomic E-state index is 12.5. The molecule has 1 aliphatic heterocycles. The number of nitrogens with one attached hydrogen (secondary N) is 3. The summed E-state index contributed by atoms with van der Waals surface area (Å²) in [6, 6.07) is 15.9. The average molecular weight is 408 g/mol. The van der Waals surface area contributed by atoms with Crippen molar-refractivity contribution < 1.29 is 19.1 Å². The lowest BCUT2D eigenvalue weighted by molar-refractivity contribution is -1.02. The molecule has 0 spiro atoms. The van der Waals surface area contributed by atoms with Crippen molar-refractivity contribution in [3.63, 3.8) is 0 Å². The van der Waals surface area contributed by atoms with Gasteiger partial charge in [0.25, 0.3) is 11.8 Å². The Hall–Kier alpha value is -3.03. The summed E-state index contributed by atoms with van der Waals surface area (Å²) in [5.74, 6) is 1.38. The molecule has 0 radical (unpaired) electrons. The predicted octanol–water partition coefficient (Wildman–Crippen LogP) is 0.276. The van der Waals surface area contributed by atoms with Crippen LogP contribution in [0.5, 0.6) is 0 Å². The second kappa shape index (κ2) is 9.19. The van der Waals surface area contributed by atoms with Gasteiger partial charge in [-0.2, -0.15) is 4.98 Å². The summed E-state index contributed by atoms with van der Waals surface area (Å²) in [4.78, 5) is 19.7. The van der Waals surface area contributed by atoms with Crippen LogP contribution in [0.2, 0.25) is 0 Å². The Bertz CT molecular complexity index is 994. The molecule has 0 aliphatic carbocycles. The molecule has 2 heterocycles. The molecule has 1 fully saturated rings. The van der Waals surface area contributed by atoms with Crippen molar-refractivity contribution in [3.8, 4) is 11.4 Å². The van der Waals surface area contributed by atoms with Gasteiger partial charge in [-0.1, -0.05) is 47.6 Å². The Morgan fingerprint density at radius 2 is 1.73 bits per heavy atom. The van der Waals surface area contributed by atoms with E-state index in [1.54, 1.807) is 0 Å². The minimum Gasteiger partial charge on any atom is -0.333 e. The van der Waals surface area contributed by atoms with E-state index in [-0.39, 0.29) is 5.91 Å². The van der Waals surface area contributed by atoms with Crippen LogP contribution in [-0.4, -0.2) is 48.8 Å². The molecule has 0 unspecified atom stereocenters. The van der Waals surface area contributed by atoms with Crippen molar-refractivity contribution in [2.24, 2.45) is 0 Å². The van der Waals surface area contributed by atoms with Crippen LogP contribution in [0.25, 0.3) is 11.4 Å². The van der Waals surface area contributed by atoms with Crippen molar-refractivity contribution in [2.45, 2.75) is 20.4 Å². The zero-order chi connectivity index (χ0) is 20.9. The number of amides is 1. The second-order valence-corrected chi connectivity index (χ2v) is 8.03. The van der Waals surface area contributed by atoms with Gasteiger partial charge in [-0.3, -0.25) is 4.79 Å². The molecular formula is C23H29N5O2+2. The summed E-state index contributed by atoms with van der Waals surface area (Å²) in [7, 11) is 0. The van der Waals surface area contributed by atoms with Crippen LogP contribution in [0.1, 0.15) is 17.0 Å². The molecule has 3 aromatic rings. The zero-order valence-corrected chi connectivity index (χ0v) is 17.6. The highest BCUT2D eigenvalue weighted by atomic mass is 16.5. The molecule has 4 rings (SSSR count). The van der Waals surface area contributed by atoms with Crippen LogP contribution in [0.4, 0.5) is 5.69 Å². The predicted molar refractivity (Wildman–Crippen MR) is 114 cm³/mol. The van der Waals surface area contributed by atoms with Crippen molar-refractivity contribution >= 4 is 11.6 Å². The quantitative estimate of drug-likeness (QED) is 0.549. The average Bonchev–Trinajstić information content (AvgIpc) is 3.22. The smallest absolute Gasteiger partial charge is 0.282 e. The van der Waals surface area contributed by atoms with E-state index in [1.807, 2.05) is 49.4 Å². The van der Waals surface area contributed by atoms with Gasteiger partial charge in [0, 0.05) is 11.3 Å². The van der Waals surface area contributed by atoms with Crippen LogP contribution in [0.3, 0.4) is 0 Å². The third kappa shape index (κ3) is 4.93. The molecule has 3 N–H and O–H groups in total. The third-order valence-electron chi connectivity index (χ3n) is 5.85. The second-order valence-electron chi connectivity index (χ2n) is 8.03. The highest BCUT2D eigenvalue weighted by molar-refractivity contribution is 5.92. The van der Waals surface area contributed by atoms with Gasteiger partial charge >= 0.3 is 0 Å². The van der Waals surface area contributed by atoms with Gasteiger partial charge in [-0.25, -0.2) is 0 Å². The van der Waals surface area contributed by atoms with E-state index >= 15 is 0 Å². The van der Waals surface area contributed by atoms with E-state index in [0.29, 0.717) is 18.3 Å². The van der Waals surface area contributed by atoms with Gasteiger partial charge in [0.15, 0.2) is 13.1 Å². The van der Waals surface area contributed by atoms with Crippen LogP contribution < -0.4 is 15.1 Å². The first kappa shape index (κ1) is 20.3. The molecule has 0 bridgehead atoms. The van der Waals surface area contributed by atoms with E-state index in [9.17, 15) is 4.79 Å². The number of quaternary nitrogens is 2. The van der Waals surface area contributed by atoms with Crippen molar-refractivity contribution in [1.29, 1.82) is 0 Å². The van der Waals surface area contributed by atoms with Crippen molar-refractivity contribution in [2.75, 3.05) is 38.0 Å². The zero-order valence-electron chi connectivity index (χ0n) is 17.6. The third-order valence-corrected chi connectivity index (χ3v) is 5.85. The fraction of sp³-hybridized carbons (Fsp3) is 0.348. The largest absolute Gasteiger partial charge is 0.333 e. The van der Waals surface area contributed by atoms with E-state index in [1.165, 1.54) is 15.4 Å². The Balaban J connectivity index is 1.25. The number of rotatable bonds is 6. The van der Waals surface area contributed by atoms with Crippen LogP contribution >= 0.6 is 0 Å². The lowest BCUT2D eigenvalue weighted by atomic mass is 10.1. The van der Waals surface area contributed by atoms with Crippen molar-refractivity contribution in [1.82, 2.24) is 10.1 Å². The minimum atomic E-state index is 0.0755. The molecule has 7 heteroatoms. The topological polar surface area (TPSA) is 76.9 Å². The monoisotopic (exact) mass is 407 g/mol. The summed E-state index contributed by atoms with van der Waals surface area (Å²) in [5, 5.41) is 7.17. The number of benzene rings is 2. The molecule has 7 nitrogen and oxygen atoms in total. The maximum absolute atomic E-state index is 12.5. The molecule has 0 saturated carbocycles. The number of hydrogen-bond donors (Lipinski definition) is 3. The van der Waals surface area contributed by atoms with Crippen LogP contribution in [0.15, 0.2) is 53.1 Å². The molecule has 1 aliphatic rings. The van der Waals surface area contributed by atoms with Gasteiger partial charge in [0.2, 0.25) is 5.82 Å². The van der Waals surface area contributed by atoms with E-state index in [4.69, 9.17) is 4.52 Å². The fourth-order valence-corrected chi connectivity index (χ4v) is 3.86. The SMILES string of the molecule is Cc1cccc(NC(=O)C[NH+]2CC[NH+](Cc3nc(-c4ccccc4)no3)CC2)c1C. The summed E-state index contributed by atoms with van der Waals surface area (Å²) < 4.78 is 5.45. The molecule has 30 heavy (non-hydrogen) atoms. The van der Waals surface area contributed by atoms with E-state index in [2.05, 4.69) is 28.4 Å². The number of carbonyl (C=O) groups excluding carboxylic acids is 1. The Labute approximate surface area is 176 Å². The molecular weight excluding hydrogens is 378 g/mol. The highest BCUT2D eigenvalue weighted by Crippen LogP contribution is 2.17. The lowest BCUT2D eigenvalue weighted by Crippen LogP contribution is -3.28. The van der Waals surface area contributed by atoms with Crippen LogP contribution in [0, 0.1) is 13.8 Å². The Morgan fingerprint density at radius 3 is 2.50 bits per heavy atom. The molecule has 156 valence electrons. The summed E-state index contributed by atoms with van der Waals surface area (Å²) in [6.45, 7) is 9.20. The summed E-state index contributed by atoms with van der Waals surface area (Å²) in [5.41, 5.74) is 4.19. The fourth-order valence-electron chi connectivity index (χ4n) is 3.86. The van der Waals surface area contributed by atoms with Gasteiger partial charge in [-0.05, 0) is 31.0 Å².